The van der Waals surface area contributed by atoms with Crippen molar-refractivity contribution in [2.24, 2.45) is 11.8 Å². The smallest absolute Gasteiger partial charge is 0.217 e. The van der Waals surface area contributed by atoms with Crippen molar-refractivity contribution in [3.8, 4) is 11.8 Å². The van der Waals surface area contributed by atoms with Gasteiger partial charge in [-0.05, 0) is 24.5 Å². The van der Waals surface area contributed by atoms with Gasteiger partial charge in [-0.1, -0.05) is 43.9 Å². The molecule has 3 heteroatoms. The molecule has 1 aromatic carbocycles. The zero-order valence-corrected chi connectivity index (χ0v) is 10.2. The van der Waals surface area contributed by atoms with E-state index in [4.69, 9.17) is 0 Å². The summed E-state index contributed by atoms with van der Waals surface area (Å²) in [4.78, 5) is 10.3. The predicted molar refractivity (Wildman–Crippen MR) is 68.1 cm³/mol. The second-order valence-corrected chi connectivity index (χ2v) is 4.48. The van der Waals surface area contributed by atoms with Gasteiger partial charge in [-0.25, -0.2) is 0 Å². The monoisotopic (exact) mass is 231 g/mol. The predicted octanol–water partition coefficient (Wildman–Crippen LogP) is 2.98. The topological polar surface area (TPSA) is 43.1 Å². The molecule has 90 valence electrons. The fourth-order valence-corrected chi connectivity index (χ4v) is 1.63. The fourth-order valence-electron chi connectivity index (χ4n) is 1.63. The molecule has 1 atom stereocenters. The van der Waals surface area contributed by atoms with E-state index in [9.17, 15) is 10.1 Å². The van der Waals surface area contributed by atoms with Crippen molar-refractivity contribution in [1.29, 1.82) is 0 Å². The van der Waals surface area contributed by atoms with Gasteiger partial charge < -0.3 is 0 Å². The third-order valence-corrected chi connectivity index (χ3v) is 2.32. The van der Waals surface area contributed by atoms with Crippen LogP contribution in [0.15, 0.2) is 30.3 Å². The van der Waals surface area contributed by atoms with Crippen LogP contribution in [0.4, 0.5) is 0 Å². The number of hydrogen-bond donors (Lipinski definition) is 0. The summed E-state index contributed by atoms with van der Waals surface area (Å²) < 4.78 is 0. The average molecular weight is 231 g/mol. The maximum absolute atomic E-state index is 10.5. The lowest BCUT2D eigenvalue weighted by Gasteiger charge is -2.08. The van der Waals surface area contributed by atoms with Crippen molar-refractivity contribution < 1.29 is 4.92 Å². The summed E-state index contributed by atoms with van der Waals surface area (Å²) in [6.07, 6.45) is 0.765. The van der Waals surface area contributed by atoms with E-state index in [1.54, 1.807) is 0 Å². The molecule has 1 rings (SSSR count). The Bertz CT molecular complexity index is 415. The Morgan fingerprint density at radius 2 is 1.94 bits per heavy atom. The maximum Gasteiger partial charge on any atom is 0.217 e. The Kier molecular flexibility index (Phi) is 5.22. The van der Waals surface area contributed by atoms with Crippen LogP contribution in [0.2, 0.25) is 0 Å². The van der Waals surface area contributed by atoms with Gasteiger partial charge in [0.1, 0.15) is 0 Å². The molecule has 3 nitrogen and oxygen atoms in total. The molecule has 0 amide bonds. The summed E-state index contributed by atoms with van der Waals surface area (Å²) in [6.45, 7) is 4.03. The first-order valence-electron chi connectivity index (χ1n) is 5.76. The van der Waals surface area contributed by atoms with Crippen LogP contribution in [0, 0.1) is 33.8 Å². The molecule has 0 aliphatic carbocycles. The molecular formula is C14H17NO2. The van der Waals surface area contributed by atoms with Crippen molar-refractivity contribution in [2.75, 3.05) is 6.54 Å². The van der Waals surface area contributed by atoms with Crippen molar-refractivity contribution in [2.45, 2.75) is 20.3 Å². The normalized spacial score (nSPS) is 11.7. The summed E-state index contributed by atoms with van der Waals surface area (Å²) in [6, 6.07) is 9.56. The summed E-state index contributed by atoms with van der Waals surface area (Å²) >= 11 is 0. The molecule has 0 bridgehead atoms. The minimum Gasteiger partial charge on any atom is -0.264 e. The Labute approximate surface area is 102 Å². The van der Waals surface area contributed by atoms with Crippen molar-refractivity contribution >= 4 is 0 Å². The fraction of sp³-hybridized carbons (Fsp3) is 0.429. The third-order valence-electron chi connectivity index (χ3n) is 2.32. The van der Waals surface area contributed by atoms with Gasteiger partial charge in [0.05, 0.1) is 5.92 Å². The molecule has 0 spiro atoms. The van der Waals surface area contributed by atoms with E-state index < -0.39 is 0 Å². The highest BCUT2D eigenvalue weighted by atomic mass is 16.6. The minimum absolute atomic E-state index is 0.0714. The molecule has 0 aromatic heterocycles. The van der Waals surface area contributed by atoms with E-state index in [2.05, 4.69) is 25.7 Å². The molecule has 17 heavy (non-hydrogen) atoms. The number of benzene rings is 1. The molecule has 1 aromatic rings. The van der Waals surface area contributed by atoms with E-state index in [1.165, 1.54) is 0 Å². The summed E-state index contributed by atoms with van der Waals surface area (Å²) in [7, 11) is 0. The first kappa shape index (κ1) is 13.2. The Morgan fingerprint density at radius 1 is 1.29 bits per heavy atom. The largest absolute Gasteiger partial charge is 0.264 e. The van der Waals surface area contributed by atoms with Gasteiger partial charge in [0.2, 0.25) is 6.54 Å². The number of hydrogen-bond acceptors (Lipinski definition) is 2. The first-order chi connectivity index (χ1) is 8.08. The molecule has 0 saturated carbocycles. The van der Waals surface area contributed by atoms with Crippen LogP contribution in [0.3, 0.4) is 0 Å². The number of nitrogens with zero attached hydrogens (tertiary/aromatic N) is 1. The van der Waals surface area contributed by atoms with Gasteiger partial charge in [-0.2, -0.15) is 0 Å². The minimum atomic E-state index is -0.285. The highest BCUT2D eigenvalue weighted by Gasteiger charge is 2.14. The Balaban J connectivity index is 2.72. The van der Waals surface area contributed by atoms with Gasteiger partial charge in [-0.15, -0.1) is 0 Å². The highest BCUT2D eigenvalue weighted by Crippen LogP contribution is 2.11. The summed E-state index contributed by atoms with van der Waals surface area (Å²) in [5, 5.41) is 10.5. The lowest BCUT2D eigenvalue weighted by atomic mass is 9.97. The molecular weight excluding hydrogens is 214 g/mol. The van der Waals surface area contributed by atoms with Crippen LogP contribution >= 0.6 is 0 Å². The SMILES string of the molecule is CC(C)C[C@@H](C#Cc1ccccc1)C[N+](=O)[O-]. The van der Waals surface area contributed by atoms with Gasteiger partial charge in [0, 0.05) is 10.5 Å². The van der Waals surface area contributed by atoms with Crippen LogP contribution in [0.5, 0.6) is 0 Å². The standard InChI is InChI=1S/C14H17NO2/c1-12(2)10-14(11-15(16)17)9-8-13-6-4-3-5-7-13/h3-7,12,14H,10-11H2,1-2H3/t14-/m1/s1. The van der Waals surface area contributed by atoms with Gasteiger partial charge >= 0.3 is 0 Å². The summed E-state index contributed by atoms with van der Waals surface area (Å²) in [5.41, 5.74) is 0.907. The zero-order valence-electron chi connectivity index (χ0n) is 10.2. The van der Waals surface area contributed by atoms with Crippen LogP contribution in [0.1, 0.15) is 25.8 Å². The molecule has 0 aliphatic heterocycles. The van der Waals surface area contributed by atoms with E-state index >= 15 is 0 Å². The number of nitro groups is 1. The second kappa shape index (κ2) is 6.70. The lowest BCUT2D eigenvalue weighted by molar-refractivity contribution is -0.485. The molecule has 0 unspecified atom stereocenters. The van der Waals surface area contributed by atoms with Crippen molar-refractivity contribution in [1.82, 2.24) is 0 Å². The van der Waals surface area contributed by atoms with E-state index in [0.717, 1.165) is 12.0 Å². The Hall–Kier alpha value is -1.82. The molecule has 0 N–H and O–H groups in total. The summed E-state index contributed by atoms with van der Waals surface area (Å²) in [5.74, 6) is 6.27. The highest BCUT2D eigenvalue weighted by molar-refractivity contribution is 5.34. The van der Waals surface area contributed by atoms with Crippen molar-refractivity contribution in [3.63, 3.8) is 0 Å². The van der Waals surface area contributed by atoms with Crippen LogP contribution in [0.25, 0.3) is 0 Å². The zero-order chi connectivity index (χ0) is 12.7. The van der Waals surface area contributed by atoms with E-state index in [-0.39, 0.29) is 17.4 Å². The quantitative estimate of drug-likeness (QED) is 0.454. The van der Waals surface area contributed by atoms with Gasteiger partial charge in [0.25, 0.3) is 0 Å². The second-order valence-electron chi connectivity index (χ2n) is 4.48. The number of rotatable bonds is 4. The first-order valence-corrected chi connectivity index (χ1v) is 5.76. The molecule has 0 aliphatic rings. The van der Waals surface area contributed by atoms with Crippen LogP contribution in [-0.2, 0) is 0 Å². The molecule has 0 heterocycles. The van der Waals surface area contributed by atoms with Crippen LogP contribution in [-0.4, -0.2) is 11.5 Å². The van der Waals surface area contributed by atoms with Gasteiger partial charge in [-0.3, -0.25) is 10.1 Å². The Morgan fingerprint density at radius 3 is 2.47 bits per heavy atom. The molecule has 0 saturated heterocycles. The van der Waals surface area contributed by atoms with Gasteiger partial charge in [0.15, 0.2) is 0 Å². The molecule has 0 radical (unpaired) electrons. The van der Waals surface area contributed by atoms with Crippen LogP contribution < -0.4 is 0 Å². The van der Waals surface area contributed by atoms with E-state index in [1.807, 2.05) is 30.3 Å². The molecule has 0 fully saturated rings. The lowest BCUT2D eigenvalue weighted by Crippen LogP contribution is -2.14. The maximum atomic E-state index is 10.5. The van der Waals surface area contributed by atoms with Crippen molar-refractivity contribution in [3.05, 3.63) is 46.0 Å². The third kappa shape index (κ3) is 5.72. The van der Waals surface area contributed by atoms with E-state index in [0.29, 0.717) is 5.92 Å². The average Bonchev–Trinajstić information content (AvgIpc) is 2.26.